The molecule has 1 saturated carbocycles. The summed E-state index contributed by atoms with van der Waals surface area (Å²) in [5.41, 5.74) is 2.08. The molecule has 1 unspecified atom stereocenters. The smallest absolute Gasteiger partial charge is 0.252 e. The number of carbonyl (C=O) groups is 2. The lowest BCUT2D eigenvalue weighted by Gasteiger charge is -2.22. The Balaban J connectivity index is 1.70. The summed E-state index contributed by atoms with van der Waals surface area (Å²) in [4.78, 5) is 26.0. The second-order valence-corrected chi connectivity index (χ2v) is 5.81. The van der Waals surface area contributed by atoms with Crippen molar-refractivity contribution in [3.8, 4) is 0 Å². The van der Waals surface area contributed by atoms with E-state index in [0.29, 0.717) is 0 Å². The van der Waals surface area contributed by atoms with Gasteiger partial charge in [0.2, 0.25) is 5.91 Å². The van der Waals surface area contributed by atoms with Gasteiger partial charge in [0.1, 0.15) is 6.04 Å². The molecule has 20 heavy (non-hydrogen) atoms. The largest absolute Gasteiger partial charge is 0.373 e. The van der Waals surface area contributed by atoms with E-state index in [1.54, 1.807) is 0 Å². The Morgan fingerprint density at radius 2 is 1.75 bits per heavy atom. The molecule has 2 amide bonds. The topological polar surface area (TPSA) is 49.4 Å². The highest BCUT2D eigenvalue weighted by Gasteiger charge is 2.42. The predicted molar refractivity (Wildman–Crippen MR) is 77.3 cm³/mol. The third-order valence-electron chi connectivity index (χ3n) is 4.27. The monoisotopic (exact) mass is 272 g/mol. The number of carbonyl (C=O) groups excluding carboxylic acids is 2. The SMILES string of the molecule is Cc1ccc(NC2CC(=O)N(C3CCCC3)C2=O)cc1. The average Bonchev–Trinajstić information content (AvgIpc) is 3.02. The molecule has 1 heterocycles. The predicted octanol–water partition coefficient (Wildman–Crippen LogP) is 2.48. The van der Waals surface area contributed by atoms with Gasteiger partial charge in [-0.25, -0.2) is 0 Å². The van der Waals surface area contributed by atoms with Crippen molar-refractivity contribution >= 4 is 17.5 Å². The molecule has 4 heteroatoms. The first kappa shape index (κ1) is 13.2. The van der Waals surface area contributed by atoms with E-state index in [2.05, 4.69) is 5.32 Å². The minimum Gasteiger partial charge on any atom is -0.373 e. The third-order valence-corrected chi connectivity index (χ3v) is 4.27. The highest BCUT2D eigenvalue weighted by atomic mass is 16.2. The van der Waals surface area contributed by atoms with Crippen molar-refractivity contribution in [3.63, 3.8) is 0 Å². The zero-order valence-electron chi connectivity index (χ0n) is 11.8. The van der Waals surface area contributed by atoms with Crippen molar-refractivity contribution < 1.29 is 9.59 Å². The molecule has 0 radical (unpaired) electrons. The summed E-state index contributed by atoms with van der Waals surface area (Å²) >= 11 is 0. The standard InChI is InChI=1S/C16H20N2O2/c1-11-6-8-12(9-7-11)17-14-10-15(19)18(16(14)20)13-4-2-3-5-13/h6-9,13-14,17H,2-5,10H2,1H3. The molecule has 0 aromatic heterocycles. The van der Waals surface area contributed by atoms with Gasteiger partial charge in [0.25, 0.3) is 5.91 Å². The summed E-state index contributed by atoms with van der Waals surface area (Å²) in [6.07, 6.45) is 4.46. The lowest BCUT2D eigenvalue weighted by atomic mass is 10.2. The molecule has 0 bridgehead atoms. The van der Waals surface area contributed by atoms with Crippen LogP contribution in [0.25, 0.3) is 0 Å². The fourth-order valence-corrected chi connectivity index (χ4v) is 3.16. The summed E-state index contributed by atoms with van der Waals surface area (Å²) in [5, 5.41) is 3.19. The van der Waals surface area contributed by atoms with Gasteiger partial charge in [-0.15, -0.1) is 0 Å². The van der Waals surface area contributed by atoms with E-state index in [0.717, 1.165) is 31.4 Å². The van der Waals surface area contributed by atoms with Gasteiger partial charge in [0.15, 0.2) is 0 Å². The summed E-state index contributed by atoms with van der Waals surface area (Å²) < 4.78 is 0. The van der Waals surface area contributed by atoms with E-state index < -0.39 is 6.04 Å². The highest BCUT2D eigenvalue weighted by Crippen LogP contribution is 2.29. The van der Waals surface area contributed by atoms with Crippen LogP contribution in [0.5, 0.6) is 0 Å². The van der Waals surface area contributed by atoms with Crippen LogP contribution in [0.15, 0.2) is 24.3 Å². The first-order valence-corrected chi connectivity index (χ1v) is 7.34. The molecule has 3 rings (SSSR count). The van der Waals surface area contributed by atoms with Crippen molar-refractivity contribution in [3.05, 3.63) is 29.8 Å². The van der Waals surface area contributed by atoms with Gasteiger partial charge in [0.05, 0.1) is 6.42 Å². The minimum absolute atomic E-state index is 0.0217. The van der Waals surface area contributed by atoms with E-state index >= 15 is 0 Å². The Bertz CT molecular complexity index is 518. The van der Waals surface area contributed by atoms with Crippen molar-refractivity contribution in [1.29, 1.82) is 0 Å². The number of anilines is 1. The van der Waals surface area contributed by atoms with Crippen LogP contribution in [0.3, 0.4) is 0 Å². The molecule has 1 aromatic rings. The number of hydrogen-bond acceptors (Lipinski definition) is 3. The molecule has 1 aliphatic heterocycles. The minimum atomic E-state index is -0.397. The number of amides is 2. The number of benzene rings is 1. The number of nitrogens with zero attached hydrogens (tertiary/aromatic N) is 1. The van der Waals surface area contributed by atoms with Crippen molar-refractivity contribution in [2.45, 2.75) is 51.1 Å². The van der Waals surface area contributed by atoms with Crippen LogP contribution in [-0.2, 0) is 9.59 Å². The Labute approximate surface area is 119 Å². The molecule has 106 valence electrons. The maximum atomic E-state index is 12.4. The van der Waals surface area contributed by atoms with Crippen LogP contribution in [0.1, 0.15) is 37.7 Å². The summed E-state index contributed by atoms with van der Waals surface area (Å²) in [5.74, 6) is -0.0750. The van der Waals surface area contributed by atoms with Crippen LogP contribution >= 0.6 is 0 Å². The van der Waals surface area contributed by atoms with Crippen LogP contribution in [0, 0.1) is 6.92 Å². The number of hydrogen-bond donors (Lipinski definition) is 1. The normalized spacial score (nSPS) is 23.6. The molecule has 1 atom stereocenters. The third kappa shape index (κ3) is 2.42. The van der Waals surface area contributed by atoms with Gasteiger partial charge in [-0.1, -0.05) is 30.5 Å². The first-order chi connectivity index (χ1) is 9.65. The number of aryl methyl sites for hydroxylation is 1. The van der Waals surface area contributed by atoms with Gasteiger partial charge >= 0.3 is 0 Å². The van der Waals surface area contributed by atoms with E-state index in [4.69, 9.17) is 0 Å². The van der Waals surface area contributed by atoms with Gasteiger partial charge in [0, 0.05) is 11.7 Å². The maximum absolute atomic E-state index is 12.4. The second kappa shape index (κ2) is 5.27. The van der Waals surface area contributed by atoms with Crippen molar-refractivity contribution in [1.82, 2.24) is 4.90 Å². The molecule has 4 nitrogen and oxygen atoms in total. The van der Waals surface area contributed by atoms with Crippen molar-refractivity contribution in [2.24, 2.45) is 0 Å². The highest BCUT2D eigenvalue weighted by molar-refractivity contribution is 6.07. The zero-order chi connectivity index (χ0) is 14.1. The van der Waals surface area contributed by atoms with Crippen LogP contribution < -0.4 is 5.32 Å². The lowest BCUT2D eigenvalue weighted by molar-refractivity contribution is -0.141. The number of likely N-dealkylation sites (tertiary alicyclic amines) is 1. The van der Waals surface area contributed by atoms with E-state index in [9.17, 15) is 9.59 Å². The van der Waals surface area contributed by atoms with Crippen LogP contribution in [-0.4, -0.2) is 28.8 Å². The van der Waals surface area contributed by atoms with Crippen LogP contribution in [0.2, 0.25) is 0 Å². The van der Waals surface area contributed by atoms with Gasteiger partial charge in [-0.3, -0.25) is 14.5 Å². The van der Waals surface area contributed by atoms with Gasteiger partial charge in [-0.2, -0.15) is 0 Å². The molecule has 1 N–H and O–H groups in total. The molecular formula is C16H20N2O2. The van der Waals surface area contributed by atoms with E-state index in [-0.39, 0.29) is 24.3 Å². The summed E-state index contributed by atoms with van der Waals surface area (Å²) in [6, 6.07) is 7.64. The molecular weight excluding hydrogens is 252 g/mol. The molecule has 0 spiro atoms. The van der Waals surface area contributed by atoms with Crippen molar-refractivity contribution in [2.75, 3.05) is 5.32 Å². The maximum Gasteiger partial charge on any atom is 0.252 e. The van der Waals surface area contributed by atoms with Gasteiger partial charge < -0.3 is 5.32 Å². The molecule has 1 aromatic carbocycles. The fourth-order valence-electron chi connectivity index (χ4n) is 3.16. The number of rotatable bonds is 3. The lowest BCUT2D eigenvalue weighted by Crippen LogP contribution is -2.40. The number of imide groups is 1. The second-order valence-electron chi connectivity index (χ2n) is 5.81. The fraction of sp³-hybridized carbons (Fsp3) is 0.500. The zero-order valence-corrected chi connectivity index (χ0v) is 11.8. The Morgan fingerprint density at radius 1 is 1.10 bits per heavy atom. The Kier molecular flexibility index (Phi) is 3.47. The number of nitrogens with one attached hydrogen (secondary N) is 1. The summed E-state index contributed by atoms with van der Waals surface area (Å²) in [6.45, 7) is 2.02. The first-order valence-electron chi connectivity index (χ1n) is 7.34. The summed E-state index contributed by atoms with van der Waals surface area (Å²) in [7, 11) is 0. The quantitative estimate of drug-likeness (QED) is 0.860. The average molecular weight is 272 g/mol. The molecule has 1 aliphatic carbocycles. The van der Waals surface area contributed by atoms with Gasteiger partial charge in [-0.05, 0) is 31.9 Å². The Hall–Kier alpha value is -1.84. The Morgan fingerprint density at radius 3 is 2.40 bits per heavy atom. The van der Waals surface area contributed by atoms with E-state index in [1.807, 2.05) is 31.2 Å². The van der Waals surface area contributed by atoms with Crippen LogP contribution in [0.4, 0.5) is 5.69 Å². The molecule has 1 saturated heterocycles. The molecule has 2 fully saturated rings. The van der Waals surface area contributed by atoms with E-state index in [1.165, 1.54) is 10.5 Å². The molecule has 2 aliphatic rings.